The van der Waals surface area contributed by atoms with E-state index in [4.69, 9.17) is 9.47 Å². The van der Waals surface area contributed by atoms with Crippen LogP contribution in [0.5, 0.6) is 0 Å². The van der Waals surface area contributed by atoms with Gasteiger partial charge in [-0.15, -0.1) is 0 Å². The minimum atomic E-state index is -0.552. The molecule has 0 spiro atoms. The van der Waals surface area contributed by atoms with Gasteiger partial charge in [0.05, 0.1) is 29.5 Å². The van der Waals surface area contributed by atoms with Crippen molar-refractivity contribution < 1.29 is 23.9 Å². The lowest BCUT2D eigenvalue weighted by atomic mass is 10.0. The van der Waals surface area contributed by atoms with Crippen molar-refractivity contribution in [2.75, 3.05) is 13.2 Å². The lowest BCUT2D eigenvalue weighted by Gasteiger charge is -2.28. The molecular weight excluding hydrogens is 398 g/mol. The Balaban J connectivity index is 1.76. The Morgan fingerprint density at radius 3 is 2.19 bits per heavy atom. The summed E-state index contributed by atoms with van der Waals surface area (Å²) in [5.74, 6) is -1.10. The maximum atomic E-state index is 12.6. The van der Waals surface area contributed by atoms with Gasteiger partial charge in [-0.3, -0.25) is 0 Å². The van der Waals surface area contributed by atoms with E-state index in [1.54, 1.807) is 19.1 Å². The molecule has 2 amide bonds. The summed E-state index contributed by atoms with van der Waals surface area (Å²) in [5.41, 5.74) is 4.01. The van der Waals surface area contributed by atoms with Crippen LogP contribution in [0, 0.1) is 13.8 Å². The first-order chi connectivity index (χ1) is 14.8. The molecule has 0 fully saturated rings. The summed E-state index contributed by atoms with van der Waals surface area (Å²) in [6.45, 7) is 7.53. The Kier molecular flexibility index (Phi) is 6.79. The van der Waals surface area contributed by atoms with Gasteiger partial charge >= 0.3 is 18.0 Å². The fourth-order valence-corrected chi connectivity index (χ4v) is 3.62. The van der Waals surface area contributed by atoms with Gasteiger partial charge in [-0.05, 0) is 63.6 Å². The van der Waals surface area contributed by atoms with E-state index in [2.05, 4.69) is 15.2 Å². The first-order valence-corrected chi connectivity index (χ1v) is 10.3. The van der Waals surface area contributed by atoms with Crippen molar-refractivity contribution in [3.05, 3.63) is 64.6 Å². The number of benzene rings is 1. The second kappa shape index (κ2) is 9.51. The molecule has 31 heavy (non-hydrogen) atoms. The zero-order valence-corrected chi connectivity index (χ0v) is 18.2. The molecule has 1 atom stereocenters. The van der Waals surface area contributed by atoms with Gasteiger partial charge in [-0.2, -0.15) is 0 Å². The molecule has 164 valence electrons. The van der Waals surface area contributed by atoms with Crippen LogP contribution in [0.1, 0.15) is 42.0 Å². The summed E-state index contributed by atoms with van der Waals surface area (Å²) < 4.78 is 12.6. The SMILES string of the molecule is CCOC(=O)C1=C(COC(=O)c2ccc(-n3c(C)ccc3C)cc2)NC(=O)NC1CC. The standard InChI is InChI=1S/C23H27N3O5/c1-5-18-20(22(28)30-6-2)19(25-23(29)24-18)13-31-21(27)16-9-11-17(12-10-16)26-14(3)7-8-15(26)4/h7-12,18H,5-6,13H2,1-4H3,(H2,24,25,29). The molecule has 2 N–H and O–H groups in total. The van der Waals surface area contributed by atoms with E-state index in [-0.39, 0.29) is 24.5 Å². The van der Waals surface area contributed by atoms with Crippen molar-refractivity contribution in [1.82, 2.24) is 15.2 Å². The largest absolute Gasteiger partial charge is 0.463 e. The Morgan fingerprint density at radius 2 is 1.61 bits per heavy atom. The molecule has 1 aliphatic heterocycles. The maximum Gasteiger partial charge on any atom is 0.338 e. The van der Waals surface area contributed by atoms with Crippen LogP contribution < -0.4 is 10.6 Å². The number of urea groups is 1. The molecule has 0 aliphatic carbocycles. The van der Waals surface area contributed by atoms with Crippen LogP contribution in [-0.2, 0) is 14.3 Å². The molecule has 0 radical (unpaired) electrons. The van der Waals surface area contributed by atoms with Crippen LogP contribution in [0.25, 0.3) is 5.69 Å². The molecule has 2 heterocycles. The quantitative estimate of drug-likeness (QED) is 0.664. The highest BCUT2D eigenvalue weighted by Crippen LogP contribution is 2.19. The van der Waals surface area contributed by atoms with Gasteiger partial charge in [0, 0.05) is 17.1 Å². The number of hydrogen-bond acceptors (Lipinski definition) is 5. The van der Waals surface area contributed by atoms with Gasteiger partial charge in [0.2, 0.25) is 0 Å². The molecule has 0 saturated carbocycles. The molecule has 1 aliphatic rings. The van der Waals surface area contributed by atoms with E-state index in [0.29, 0.717) is 12.0 Å². The predicted molar refractivity (Wildman–Crippen MR) is 115 cm³/mol. The number of nitrogens with zero attached hydrogens (tertiary/aromatic N) is 1. The molecule has 0 saturated heterocycles. The molecule has 2 aromatic rings. The van der Waals surface area contributed by atoms with Gasteiger partial charge in [-0.1, -0.05) is 6.92 Å². The molecule has 0 bridgehead atoms. The van der Waals surface area contributed by atoms with Crippen molar-refractivity contribution in [2.24, 2.45) is 0 Å². The van der Waals surface area contributed by atoms with Gasteiger partial charge < -0.3 is 24.7 Å². The fourth-order valence-electron chi connectivity index (χ4n) is 3.62. The molecule has 1 aromatic heterocycles. The van der Waals surface area contributed by atoms with E-state index in [1.165, 1.54) is 0 Å². The number of rotatable bonds is 7. The number of carbonyl (C=O) groups excluding carboxylic acids is 3. The van der Waals surface area contributed by atoms with E-state index in [0.717, 1.165) is 17.1 Å². The number of aromatic nitrogens is 1. The third-order valence-corrected chi connectivity index (χ3v) is 5.13. The second-order valence-corrected chi connectivity index (χ2v) is 7.25. The highest BCUT2D eigenvalue weighted by molar-refractivity contribution is 5.95. The lowest BCUT2D eigenvalue weighted by Crippen LogP contribution is -2.51. The average molecular weight is 425 g/mol. The Labute approximate surface area is 181 Å². The molecule has 8 nitrogen and oxygen atoms in total. The fraction of sp³-hybridized carbons (Fsp3) is 0.348. The summed E-state index contributed by atoms with van der Waals surface area (Å²) in [6, 6.07) is 10.2. The number of hydrogen-bond donors (Lipinski definition) is 2. The molecule has 8 heteroatoms. The van der Waals surface area contributed by atoms with Crippen molar-refractivity contribution in [1.29, 1.82) is 0 Å². The summed E-state index contributed by atoms with van der Waals surface area (Å²) in [6.07, 6.45) is 0.499. The van der Waals surface area contributed by atoms with Crippen LogP contribution in [0.15, 0.2) is 47.7 Å². The Morgan fingerprint density at radius 1 is 0.968 bits per heavy atom. The minimum absolute atomic E-state index is 0.201. The molecule has 3 rings (SSSR count). The predicted octanol–water partition coefficient (Wildman–Crippen LogP) is 3.16. The van der Waals surface area contributed by atoms with Gasteiger partial charge in [0.1, 0.15) is 6.61 Å². The number of aryl methyl sites for hydroxylation is 2. The first kappa shape index (κ1) is 22.1. The number of ether oxygens (including phenoxy) is 2. The van der Waals surface area contributed by atoms with Crippen LogP contribution in [0.3, 0.4) is 0 Å². The Hall–Kier alpha value is -3.55. The highest BCUT2D eigenvalue weighted by Gasteiger charge is 2.32. The van der Waals surface area contributed by atoms with Gasteiger partial charge in [0.25, 0.3) is 0 Å². The van der Waals surface area contributed by atoms with Crippen molar-refractivity contribution in [3.63, 3.8) is 0 Å². The monoisotopic (exact) mass is 425 g/mol. The van der Waals surface area contributed by atoms with Gasteiger partial charge in [-0.25, -0.2) is 14.4 Å². The zero-order valence-electron chi connectivity index (χ0n) is 18.2. The third kappa shape index (κ3) is 4.79. The lowest BCUT2D eigenvalue weighted by molar-refractivity contribution is -0.139. The van der Waals surface area contributed by atoms with E-state index in [1.807, 2.05) is 45.0 Å². The normalized spacial score (nSPS) is 15.9. The summed E-state index contributed by atoms with van der Waals surface area (Å²) in [7, 11) is 0. The van der Waals surface area contributed by atoms with E-state index >= 15 is 0 Å². The van der Waals surface area contributed by atoms with E-state index in [9.17, 15) is 14.4 Å². The summed E-state index contributed by atoms with van der Waals surface area (Å²) in [4.78, 5) is 36.9. The van der Waals surface area contributed by atoms with Crippen molar-refractivity contribution >= 4 is 18.0 Å². The number of nitrogens with one attached hydrogen (secondary N) is 2. The second-order valence-electron chi connectivity index (χ2n) is 7.25. The zero-order chi connectivity index (χ0) is 22.5. The van der Waals surface area contributed by atoms with Crippen LogP contribution in [-0.4, -0.2) is 41.8 Å². The van der Waals surface area contributed by atoms with Crippen LogP contribution in [0.2, 0.25) is 0 Å². The molecule has 1 aromatic carbocycles. The topological polar surface area (TPSA) is 98.7 Å². The van der Waals surface area contributed by atoms with Gasteiger partial charge in [0.15, 0.2) is 0 Å². The third-order valence-electron chi connectivity index (χ3n) is 5.13. The average Bonchev–Trinajstić information content (AvgIpc) is 3.09. The smallest absolute Gasteiger partial charge is 0.338 e. The highest BCUT2D eigenvalue weighted by atomic mass is 16.5. The number of amides is 2. The maximum absolute atomic E-state index is 12.6. The van der Waals surface area contributed by atoms with Crippen molar-refractivity contribution in [2.45, 2.75) is 40.2 Å². The molecular formula is C23H27N3O5. The van der Waals surface area contributed by atoms with E-state index < -0.39 is 24.0 Å². The minimum Gasteiger partial charge on any atom is -0.463 e. The number of carbonyl (C=O) groups is 3. The summed E-state index contributed by atoms with van der Waals surface area (Å²) >= 11 is 0. The van der Waals surface area contributed by atoms with Crippen molar-refractivity contribution in [3.8, 4) is 5.69 Å². The Bertz CT molecular complexity index is 1000. The summed E-state index contributed by atoms with van der Waals surface area (Å²) in [5, 5.41) is 5.25. The first-order valence-electron chi connectivity index (χ1n) is 10.3. The van der Waals surface area contributed by atoms with Crippen LogP contribution >= 0.6 is 0 Å². The number of esters is 2. The molecule has 1 unspecified atom stereocenters. The van der Waals surface area contributed by atoms with Crippen LogP contribution in [0.4, 0.5) is 4.79 Å².